The van der Waals surface area contributed by atoms with Gasteiger partial charge in [0.15, 0.2) is 0 Å². The van der Waals surface area contributed by atoms with Crippen LogP contribution in [0.1, 0.15) is 36.0 Å². The van der Waals surface area contributed by atoms with Crippen LogP contribution in [0, 0.1) is 11.7 Å². The highest BCUT2D eigenvalue weighted by Gasteiger charge is 2.29. The molecule has 27 heavy (non-hydrogen) atoms. The highest BCUT2D eigenvalue weighted by Crippen LogP contribution is 2.28. The maximum atomic E-state index is 13.9. The minimum Gasteiger partial charge on any atom is -0.356 e. The van der Waals surface area contributed by atoms with E-state index in [1.165, 1.54) is 23.1 Å². The van der Waals surface area contributed by atoms with Crippen molar-refractivity contribution in [1.82, 2.24) is 15.1 Å². The average molecular weight is 396 g/mol. The number of benzene rings is 1. The number of halogens is 2. The molecule has 0 aromatic heterocycles. The third-order valence-electron chi connectivity index (χ3n) is 4.89. The monoisotopic (exact) mass is 395 g/mol. The highest BCUT2D eigenvalue weighted by molar-refractivity contribution is 6.31. The number of nitrogens with one attached hydrogen (secondary N) is 1. The number of rotatable bonds is 6. The van der Waals surface area contributed by atoms with Crippen LogP contribution >= 0.6 is 11.6 Å². The van der Waals surface area contributed by atoms with Gasteiger partial charge in [0.05, 0.1) is 5.56 Å². The minimum atomic E-state index is -0.601. The summed E-state index contributed by atoms with van der Waals surface area (Å²) in [5, 5.41) is 3.15. The molecule has 1 aromatic carbocycles. The Bertz CT molecular complexity index is 731. The summed E-state index contributed by atoms with van der Waals surface area (Å²) in [6.07, 6.45) is 2.89. The van der Waals surface area contributed by atoms with E-state index >= 15 is 0 Å². The van der Waals surface area contributed by atoms with Crippen LogP contribution in [-0.2, 0) is 9.59 Å². The van der Waals surface area contributed by atoms with E-state index in [1.807, 2.05) is 0 Å². The molecule has 1 N–H and O–H groups in total. The van der Waals surface area contributed by atoms with Crippen molar-refractivity contribution in [2.75, 3.05) is 32.7 Å². The Morgan fingerprint density at radius 2 is 1.78 bits per heavy atom. The molecule has 146 valence electrons. The van der Waals surface area contributed by atoms with E-state index in [9.17, 15) is 18.8 Å². The normalized spacial score (nSPS) is 17.0. The predicted octanol–water partition coefficient (Wildman–Crippen LogP) is 2.07. The van der Waals surface area contributed by atoms with Gasteiger partial charge in [-0.25, -0.2) is 4.39 Å². The van der Waals surface area contributed by atoms with Gasteiger partial charge in [-0.2, -0.15) is 0 Å². The molecule has 0 atom stereocenters. The van der Waals surface area contributed by atoms with Crippen molar-refractivity contribution in [2.45, 2.75) is 25.7 Å². The first-order chi connectivity index (χ1) is 13.0. The maximum Gasteiger partial charge on any atom is 0.257 e. The van der Waals surface area contributed by atoms with Crippen molar-refractivity contribution in [2.24, 2.45) is 5.92 Å². The lowest BCUT2D eigenvalue weighted by molar-refractivity contribution is -0.133. The van der Waals surface area contributed by atoms with Gasteiger partial charge in [-0.1, -0.05) is 11.6 Å². The van der Waals surface area contributed by atoms with Crippen LogP contribution in [0.5, 0.6) is 0 Å². The van der Waals surface area contributed by atoms with E-state index in [0.717, 1.165) is 12.8 Å². The molecule has 1 aliphatic carbocycles. The Balaban J connectivity index is 1.41. The molecule has 0 radical (unpaired) electrons. The second kappa shape index (κ2) is 8.69. The van der Waals surface area contributed by atoms with Crippen LogP contribution < -0.4 is 5.32 Å². The smallest absolute Gasteiger partial charge is 0.257 e. The molecule has 1 saturated heterocycles. The standard InChI is InChI=1S/C19H23ClFN3O3/c20-14-5-6-16(21)15(12-14)19(27)24-10-8-23(9-11-24)17(25)2-1-7-22-18(26)13-3-4-13/h5-6,12-13H,1-4,7-11H2,(H,22,26). The van der Waals surface area contributed by atoms with E-state index in [1.54, 1.807) is 4.90 Å². The summed E-state index contributed by atoms with van der Waals surface area (Å²) in [6, 6.07) is 3.90. The lowest BCUT2D eigenvalue weighted by atomic mass is 10.1. The first kappa shape index (κ1) is 19.6. The van der Waals surface area contributed by atoms with Crippen molar-refractivity contribution < 1.29 is 18.8 Å². The molecule has 0 unspecified atom stereocenters. The number of amides is 3. The fraction of sp³-hybridized carbons (Fsp3) is 0.526. The second-order valence-electron chi connectivity index (χ2n) is 6.97. The number of carbonyl (C=O) groups excluding carboxylic acids is 3. The summed E-state index contributed by atoms with van der Waals surface area (Å²) in [5.74, 6) is -0.740. The van der Waals surface area contributed by atoms with Crippen molar-refractivity contribution in [3.05, 3.63) is 34.6 Å². The summed E-state index contributed by atoms with van der Waals surface area (Å²) in [4.78, 5) is 39.5. The zero-order valence-corrected chi connectivity index (χ0v) is 15.8. The Morgan fingerprint density at radius 1 is 1.11 bits per heavy atom. The molecular weight excluding hydrogens is 373 g/mol. The summed E-state index contributed by atoms with van der Waals surface area (Å²) in [5.41, 5.74) is -0.0475. The van der Waals surface area contributed by atoms with Gasteiger partial charge in [0.1, 0.15) is 5.82 Å². The van der Waals surface area contributed by atoms with Crippen LogP contribution in [0.2, 0.25) is 5.02 Å². The molecule has 2 aliphatic rings. The largest absolute Gasteiger partial charge is 0.356 e. The molecule has 8 heteroatoms. The van der Waals surface area contributed by atoms with Crippen molar-refractivity contribution >= 4 is 29.3 Å². The van der Waals surface area contributed by atoms with Gasteiger partial charge in [-0.15, -0.1) is 0 Å². The molecule has 1 heterocycles. The van der Waals surface area contributed by atoms with Crippen LogP contribution in [-0.4, -0.2) is 60.2 Å². The first-order valence-corrected chi connectivity index (χ1v) is 9.63. The summed E-state index contributed by atoms with van der Waals surface area (Å²) < 4.78 is 13.9. The SMILES string of the molecule is O=C(NCCCC(=O)N1CCN(C(=O)c2cc(Cl)ccc2F)CC1)C1CC1. The van der Waals surface area contributed by atoms with Crippen molar-refractivity contribution in [1.29, 1.82) is 0 Å². The molecule has 1 aliphatic heterocycles. The molecule has 0 bridgehead atoms. The second-order valence-corrected chi connectivity index (χ2v) is 7.40. The summed E-state index contributed by atoms with van der Waals surface area (Å²) in [7, 11) is 0. The average Bonchev–Trinajstić information content (AvgIpc) is 3.51. The van der Waals surface area contributed by atoms with Gasteiger partial charge in [0.25, 0.3) is 5.91 Å². The van der Waals surface area contributed by atoms with Crippen LogP contribution in [0.25, 0.3) is 0 Å². The summed E-state index contributed by atoms with van der Waals surface area (Å²) >= 11 is 5.85. The number of hydrogen-bond donors (Lipinski definition) is 1. The molecule has 0 spiro atoms. The Labute approximate surface area is 162 Å². The van der Waals surface area contributed by atoms with Gasteiger partial charge >= 0.3 is 0 Å². The van der Waals surface area contributed by atoms with Gasteiger partial charge in [0, 0.05) is 50.1 Å². The van der Waals surface area contributed by atoms with E-state index in [0.29, 0.717) is 50.6 Å². The number of piperazine rings is 1. The third-order valence-corrected chi connectivity index (χ3v) is 5.13. The lowest BCUT2D eigenvalue weighted by Gasteiger charge is -2.35. The Hall–Kier alpha value is -2.15. The molecule has 3 rings (SSSR count). The molecule has 2 fully saturated rings. The Morgan fingerprint density at radius 3 is 2.44 bits per heavy atom. The number of carbonyl (C=O) groups is 3. The van der Waals surface area contributed by atoms with Crippen LogP contribution in [0.15, 0.2) is 18.2 Å². The highest BCUT2D eigenvalue weighted by atomic mass is 35.5. The molecule has 6 nitrogen and oxygen atoms in total. The van der Waals surface area contributed by atoms with E-state index in [2.05, 4.69) is 5.32 Å². The fourth-order valence-electron chi connectivity index (χ4n) is 3.09. The van der Waals surface area contributed by atoms with Gasteiger partial charge in [0.2, 0.25) is 11.8 Å². The van der Waals surface area contributed by atoms with E-state index < -0.39 is 11.7 Å². The summed E-state index contributed by atoms with van der Waals surface area (Å²) in [6.45, 7) is 2.06. The topological polar surface area (TPSA) is 69.7 Å². The zero-order chi connectivity index (χ0) is 19.4. The molecule has 3 amide bonds. The van der Waals surface area contributed by atoms with Crippen LogP contribution in [0.3, 0.4) is 0 Å². The predicted molar refractivity (Wildman–Crippen MR) is 98.9 cm³/mol. The lowest BCUT2D eigenvalue weighted by Crippen LogP contribution is -2.50. The molecule has 1 aromatic rings. The maximum absolute atomic E-state index is 13.9. The quantitative estimate of drug-likeness (QED) is 0.750. The molecular formula is C19H23ClFN3O3. The third kappa shape index (κ3) is 5.19. The van der Waals surface area contributed by atoms with Gasteiger partial charge < -0.3 is 15.1 Å². The first-order valence-electron chi connectivity index (χ1n) is 9.25. The van der Waals surface area contributed by atoms with Gasteiger partial charge in [-0.05, 0) is 37.5 Å². The fourth-order valence-corrected chi connectivity index (χ4v) is 3.26. The zero-order valence-electron chi connectivity index (χ0n) is 15.0. The van der Waals surface area contributed by atoms with Gasteiger partial charge in [-0.3, -0.25) is 14.4 Å². The van der Waals surface area contributed by atoms with E-state index in [-0.39, 0.29) is 23.3 Å². The van der Waals surface area contributed by atoms with Crippen LogP contribution in [0.4, 0.5) is 4.39 Å². The molecule has 1 saturated carbocycles. The number of nitrogens with zero attached hydrogens (tertiary/aromatic N) is 2. The number of hydrogen-bond acceptors (Lipinski definition) is 3. The van der Waals surface area contributed by atoms with Crippen molar-refractivity contribution in [3.8, 4) is 0 Å². The minimum absolute atomic E-state index is 0.0108. The van der Waals surface area contributed by atoms with E-state index in [4.69, 9.17) is 11.6 Å². The van der Waals surface area contributed by atoms with Crippen molar-refractivity contribution in [3.63, 3.8) is 0 Å². The Kier molecular flexibility index (Phi) is 6.31.